The third kappa shape index (κ3) is 3.51. The maximum atomic E-state index is 12.0. The summed E-state index contributed by atoms with van der Waals surface area (Å²) >= 11 is 1.58. The molecule has 0 saturated heterocycles. The van der Waals surface area contributed by atoms with E-state index in [1.54, 1.807) is 23.9 Å². The fourth-order valence-electron chi connectivity index (χ4n) is 1.97. The zero-order valence-corrected chi connectivity index (χ0v) is 14.1. The molecular formula is C18H18N2O2S. The molecule has 4 nitrogen and oxygen atoms in total. The first-order valence-corrected chi connectivity index (χ1v) is 8.21. The van der Waals surface area contributed by atoms with Crippen molar-refractivity contribution in [1.29, 1.82) is 0 Å². The summed E-state index contributed by atoms with van der Waals surface area (Å²) in [6.07, 6.45) is 3.33. The molecule has 0 saturated carbocycles. The van der Waals surface area contributed by atoms with Gasteiger partial charge in [0.2, 0.25) is 5.91 Å². The third-order valence-electron chi connectivity index (χ3n) is 3.39. The monoisotopic (exact) mass is 326 g/mol. The average molecular weight is 326 g/mol. The number of nitrogens with one attached hydrogen (secondary N) is 1. The van der Waals surface area contributed by atoms with Gasteiger partial charge in [0.15, 0.2) is 0 Å². The van der Waals surface area contributed by atoms with Crippen molar-refractivity contribution in [2.24, 2.45) is 5.41 Å². The molecule has 0 radical (unpaired) electrons. The molecule has 1 aromatic carbocycles. The van der Waals surface area contributed by atoms with E-state index >= 15 is 0 Å². The van der Waals surface area contributed by atoms with Crippen molar-refractivity contribution >= 4 is 22.9 Å². The van der Waals surface area contributed by atoms with Gasteiger partial charge in [0.1, 0.15) is 11.3 Å². The molecule has 3 rings (SSSR count). The molecule has 0 spiro atoms. The molecule has 2 aromatic heterocycles. The van der Waals surface area contributed by atoms with Crippen LogP contribution in [-0.4, -0.2) is 10.9 Å². The van der Waals surface area contributed by atoms with E-state index in [4.69, 9.17) is 4.42 Å². The minimum atomic E-state index is -0.410. The van der Waals surface area contributed by atoms with Crippen molar-refractivity contribution in [2.45, 2.75) is 20.8 Å². The van der Waals surface area contributed by atoms with Crippen molar-refractivity contribution < 1.29 is 9.21 Å². The van der Waals surface area contributed by atoms with Crippen molar-refractivity contribution in [3.63, 3.8) is 0 Å². The summed E-state index contributed by atoms with van der Waals surface area (Å²) < 4.78 is 5.09. The summed E-state index contributed by atoms with van der Waals surface area (Å²) in [6, 6.07) is 9.62. The summed E-state index contributed by atoms with van der Waals surface area (Å²) in [5.74, 6) is 0.00107. The fourth-order valence-corrected chi connectivity index (χ4v) is 2.78. The van der Waals surface area contributed by atoms with Crippen LogP contribution < -0.4 is 5.32 Å². The second kappa shape index (κ2) is 6.01. The highest BCUT2D eigenvalue weighted by Crippen LogP contribution is 2.29. The second-order valence-electron chi connectivity index (χ2n) is 6.33. The van der Waals surface area contributed by atoms with Gasteiger partial charge in [-0.1, -0.05) is 32.9 Å². The van der Waals surface area contributed by atoms with Gasteiger partial charge < -0.3 is 9.73 Å². The molecule has 0 aliphatic heterocycles. The van der Waals surface area contributed by atoms with E-state index in [-0.39, 0.29) is 5.91 Å². The van der Waals surface area contributed by atoms with E-state index in [0.29, 0.717) is 0 Å². The van der Waals surface area contributed by atoms with Crippen LogP contribution in [0, 0.1) is 5.41 Å². The highest BCUT2D eigenvalue weighted by molar-refractivity contribution is 7.13. The quantitative estimate of drug-likeness (QED) is 0.732. The Morgan fingerprint density at radius 1 is 1.13 bits per heavy atom. The Balaban J connectivity index is 1.76. The molecular weight excluding hydrogens is 308 g/mol. The molecule has 118 valence electrons. The summed E-state index contributed by atoms with van der Waals surface area (Å²) in [7, 11) is 0. The molecule has 1 N–H and O–H groups in total. The molecule has 0 fully saturated rings. The third-order valence-corrected chi connectivity index (χ3v) is 4.28. The zero-order valence-electron chi connectivity index (χ0n) is 13.3. The van der Waals surface area contributed by atoms with Gasteiger partial charge in [-0.25, -0.2) is 4.98 Å². The summed E-state index contributed by atoms with van der Waals surface area (Å²) in [6.45, 7) is 5.68. The minimum Gasteiger partial charge on any atom is -0.472 e. The number of hydrogen-bond donors (Lipinski definition) is 1. The van der Waals surface area contributed by atoms with Crippen molar-refractivity contribution in [1.82, 2.24) is 4.98 Å². The summed E-state index contributed by atoms with van der Waals surface area (Å²) in [5, 5.41) is 5.87. The van der Waals surface area contributed by atoms with Crippen LogP contribution in [0.15, 0.2) is 52.7 Å². The Morgan fingerprint density at radius 2 is 1.87 bits per heavy atom. The van der Waals surface area contributed by atoms with Crippen molar-refractivity contribution in [3.8, 4) is 21.8 Å². The van der Waals surface area contributed by atoms with Gasteiger partial charge in [0.25, 0.3) is 0 Å². The predicted molar refractivity (Wildman–Crippen MR) is 93.3 cm³/mol. The Kier molecular flexibility index (Phi) is 4.05. The highest BCUT2D eigenvalue weighted by atomic mass is 32.1. The van der Waals surface area contributed by atoms with Gasteiger partial charge in [-0.3, -0.25) is 4.79 Å². The Labute approximate surface area is 139 Å². The van der Waals surface area contributed by atoms with E-state index in [0.717, 1.165) is 27.5 Å². The van der Waals surface area contributed by atoms with Crippen LogP contribution in [0.5, 0.6) is 0 Å². The first-order valence-electron chi connectivity index (χ1n) is 7.33. The Bertz CT molecular complexity index is 796. The van der Waals surface area contributed by atoms with Crippen LogP contribution >= 0.6 is 11.3 Å². The van der Waals surface area contributed by atoms with Gasteiger partial charge in [0.05, 0.1) is 12.0 Å². The Hall–Kier alpha value is -2.40. The number of furan rings is 1. The van der Waals surface area contributed by atoms with E-state index in [9.17, 15) is 4.79 Å². The largest absolute Gasteiger partial charge is 0.472 e. The minimum absolute atomic E-state index is 0.00107. The lowest BCUT2D eigenvalue weighted by Crippen LogP contribution is -2.27. The van der Waals surface area contributed by atoms with Gasteiger partial charge >= 0.3 is 0 Å². The van der Waals surface area contributed by atoms with Gasteiger partial charge in [0, 0.05) is 27.6 Å². The number of carbonyl (C=O) groups excluding carboxylic acids is 1. The molecule has 2 heterocycles. The number of amides is 1. The number of benzene rings is 1. The predicted octanol–water partition coefficient (Wildman–Crippen LogP) is 5.05. The highest BCUT2D eigenvalue weighted by Gasteiger charge is 2.21. The van der Waals surface area contributed by atoms with Crippen LogP contribution in [0.4, 0.5) is 5.69 Å². The lowest BCUT2D eigenvalue weighted by Gasteiger charge is -2.17. The molecule has 0 aliphatic carbocycles. The van der Waals surface area contributed by atoms with E-state index in [1.165, 1.54) is 0 Å². The molecule has 0 aliphatic rings. The second-order valence-corrected chi connectivity index (χ2v) is 7.19. The standard InChI is InChI=1S/C18H18N2O2S/c1-18(2,3)17(21)19-14-6-4-12(5-7-14)15-11-23-16(20-15)13-8-9-22-10-13/h4-11H,1-3H3,(H,19,21). The van der Waals surface area contributed by atoms with Crippen LogP contribution in [0.1, 0.15) is 20.8 Å². The van der Waals surface area contributed by atoms with Crippen LogP contribution in [0.2, 0.25) is 0 Å². The summed E-state index contributed by atoms with van der Waals surface area (Å²) in [5.41, 5.74) is 3.30. The van der Waals surface area contributed by atoms with Crippen LogP contribution in [0.3, 0.4) is 0 Å². The molecule has 3 aromatic rings. The number of aromatic nitrogens is 1. The number of carbonyl (C=O) groups is 1. The number of nitrogens with zero attached hydrogens (tertiary/aromatic N) is 1. The topological polar surface area (TPSA) is 55.1 Å². The maximum Gasteiger partial charge on any atom is 0.229 e. The fraction of sp³-hybridized carbons (Fsp3) is 0.222. The molecule has 5 heteroatoms. The Morgan fingerprint density at radius 3 is 2.48 bits per heavy atom. The van der Waals surface area contributed by atoms with Crippen LogP contribution in [-0.2, 0) is 4.79 Å². The lowest BCUT2D eigenvalue weighted by atomic mass is 9.95. The zero-order chi connectivity index (χ0) is 16.4. The molecule has 0 unspecified atom stereocenters. The van der Waals surface area contributed by atoms with Crippen LogP contribution in [0.25, 0.3) is 21.8 Å². The number of anilines is 1. The number of rotatable bonds is 3. The average Bonchev–Trinajstić information content (AvgIpc) is 3.18. The van der Waals surface area contributed by atoms with Gasteiger partial charge in [-0.05, 0) is 18.2 Å². The molecule has 1 amide bonds. The van der Waals surface area contributed by atoms with E-state index in [2.05, 4.69) is 10.3 Å². The smallest absolute Gasteiger partial charge is 0.229 e. The van der Waals surface area contributed by atoms with Crippen molar-refractivity contribution in [3.05, 3.63) is 48.2 Å². The first kappa shape index (κ1) is 15.5. The van der Waals surface area contributed by atoms with Gasteiger partial charge in [-0.15, -0.1) is 11.3 Å². The van der Waals surface area contributed by atoms with Crippen molar-refractivity contribution in [2.75, 3.05) is 5.32 Å². The van der Waals surface area contributed by atoms with Gasteiger partial charge in [-0.2, -0.15) is 0 Å². The normalized spacial score (nSPS) is 11.4. The van der Waals surface area contributed by atoms with E-state index in [1.807, 2.05) is 56.5 Å². The molecule has 0 atom stereocenters. The molecule has 0 bridgehead atoms. The van der Waals surface area contributed by atoms with E-state index < -0.39 is 5.41 Å². The number of thiazole rings is 1. The molecule has 23 heavy (non-hydrogen) atoms. The number of hydrogen-bond acceptors (Lipinski definition) is 4. The first-order chi connectivity index (χ1) is 10.9. The lowest BCUT2D eigenvalue weighted by molar-refractivity contribution is -0.123. The summed E-state index contributed by atoms with van der Waals surface area (Å²) in [4.78, 5) is 16.6. The SMILES string of the molecule is CC(C)(C)C(=O)Nc1ccc(-c2csc(-c3ccoc3)n2)cc1. The maximum absolute atomic E-state index is 12.0.